The normalized spacial score (nSPS) is 10.8. The first-order valence-corrected chi connectivity index (χ1v) is 7.14. The standard InChI is InChI=1S/C16H24N2O4/c1-17(2)9-11-21-15(19)13-5-7-14(8-6-13)16(20)22-12-10-18(3)4/h5-8H,9-12H2,1-4H3. The first-order valence-electron chi connectivity index (χ1n) is 7.14. The minimum Gasteiger partial charge on any atom is -0.461 e. The van der Waals surface area contributed by atoms with Crippen LogP contribution in [0, 0.1) is 0 Å². The van der Waals surface area contributed by atoms with Gasteiger partial charge in [-0.1, -0.05) is 0 Å². The second-order valence-electron chi connectivity index (χ2n) is 5.46. The molecule has 0 unspecified atom stereocenters. The number of hydrogen-bond acceptors (Lipinski definition) is 6. The highest BCUT2D eigenvalue weighted by Gasteiger charge is 2.11. The van der Waals surface area contributed by atoms with E-state index in [1.54, 1.807) is 24.3 Å². The van der Waals surface area contributed by atoms with Crippen molar-refractivity contribution in [1.29, 1.82) is 0 Å². The molecule has 6 heteroatoms. The Bertz CT molecular complexity index is 438. The molecule has 22 heavy (non-hydrogen) atoms. The fourth-order valence-corrected chi connectivity index (χ4v) is 1.55. The molecule has 0 saturated heterocycles. The Balaban J connectivity index is 2.48. The summed E-state index contributed by atoms with van der Waals surface area (Å²) in [6.45, 7) is 2.00. The van der Waals surface area contributed by atoms with Crippen molar-refractivity contribution in [2.24, 2.45) is 0 Å². The summed E-state index contributed by atoms with van der Waals surface area (Å²) in [6, 6.07) is 6.28. The van der Waals surface area contributed by atoms with E-state index >= 15 is 0 Å². The van der Waals surface area contributed by atoms with Crippen LogP contribution >= 0.6 is 0 Å². The Morgan fingerprint density at radius 2 is 1.09 bits per heavy atom. The van der Waals surface area contributed by atoms with E-state index in [2.05, 4.69) is 0 Å². The number of ether oxygens (including phenoxy) is 2. The van der Waals surface area contributed by atoms with E-state index in [9.17, 15) is 9.59 Å². The van der Waals surface area contributed by atoms with Gasteiger partial charge in [-0.25, -0.2) is 9.59 Å². The monoisotopic (exact) mass is 308 g/mol. The van der Waals surface area contributed by atoms with Crippen LogP contribution < -0.4 is 0 Å². The van der Waals surface area contributed by atoms with Gasteiger partial charge < -0.3 is 19.3 Å². The number of carbonyl (C=O) groups excluding carboxylic acids is 2. The zero-order valence-electron chi connectivity index (χ0n) is 13.7. The first kappa shape index (κ1) is 18.1. The summed E-state index contributed by atoms with van der Waals surface area (Å²) in [5, 5.41) is 0. The third kappa shape index (κ3) is 6.69. The predicted molar refractivity (Wildman–Crippen MR) is 84.1 cm³/mol. The Kier molecular flexibility index (Phi) is 7.56. The molecule has 6 nitrogen and oxygen atoms in total. The lowest BCUT2D eigenvalue weighted by Gasteiger charge is -2.11. The van der Waals surface area contributed by atoms with Crippen LogP contribution in [0.2, 0.25) is 0 Å². The molecule has 122 valence electrons. The number of hydrogen-bond donors (Lipinski definition) is 0. The predicted octanol–water partition coefficient (Wildman–Crippen LogP) is 1.12. The van der Waals surface area contributed by atoms with Gasteiger partial charge >= 0.3 is 11.9 Å². The molecule has 0 aliphatic carbocycles. The highest BCUT2D eigenvalue weighted by molar-refractivity contribution is 5.93. The van der Waals surface area contributed by atoms with Crippen LogP contribution in [0.4, 0.5) is 0 Å². The Morgan fingerprint density at radius 3 is 1.36 bits per heavy atom. The van der Waals surface area contributed by atoms with E-state index in [1.165, 1.54) is 0 Å². The quantitative estimate of drug-likeness (QED) is 0.671. The van der Waals surface area contributed by atoms with Gasteiger partial charge in [0, 0.05) is 13.1 Å². The van der Waals surface area contributed by atoms with Gasteiger partial charge in [-0.3, -0.25) is 0 Å². The van der Waals surface area contributed by atoms with Crippen molar-refractivity contribution in [1.82, 2.24) is 9.80 Å². The first-order chi connectivity index (χ1) is 10.4. The SMILES string of the molecule is CN(C)CCOC(=O)c1ccc(C(=O)OCCN(C)C)cc1. The molecule has 0 aliphatic rings. The molecular formula is C16H24N2O4. The fraction of sp³-hybridized carbons (Fsp3) is 0.500. The molecular weight excluding hydrogens is 284 g/mol. The molecule has 0 radical (unpaired) electrons. The van der Waals surface area contributed by atoms with Crippen LogP contribution in [0.25, 0.3) is 0 Å². The topological polar surface area (TPSA) is 59.1 Å². The minimum atomic E-state index is -0.394. The number of nitrogens with zero attached hydrogens (tertiary/aromatic N) is 2. The van der Waals surface area contributed by atoms with E-state index in [-0.39, 0.29) is 0 Å². The van der Waals surface area contributed by atoms with Crippen molar-refractivity contribution in [3.63, 3.8) is 0 Å². The van der Waals surface area contributed by atoms with Crippen molar-refractivity contribution < 1.29 is 19.1 Å². The lowest BCUT2D eigenvalue weighted by Crippen LogP contribution is -2.20. The molecule has 0 fully saturated rings. The van der Waals surface area contributed by atoms with Gasteiger partial charge in [0.25, 0.3) is 0 Å². The zero-order chi connectivity index (χ0) is 16.5. The van der Waals surface area contributed by atoms with Crippen LogP contribution in [-0.4, -0.2) is 76.2 Å². The average molecular weight is 308 g/mol. The van der Waals surface area contributed by atoms with Crippen molar-refractivity contribution in [3.8, 4) is 0 Å². The molecule has 0 saturated carbocycles. The highest BCUT2D eigenvalue weighted by atomic mass is 16.5. The van der Waals surface area contributed by atoms with Crippen molar-refractivity contribution >= 4 is 11.9 Å². The maximum atomic E-state index is 11.8. The van der Waals surface area contributed by atoms with E-state index in [0.29, 0.717) is 37.4 Å². The maximum Gasteiger partial charge on any atom is 0.338 e. The summed E-state index contributed by atoms with van der Waals surface area (Å²) in [6.07, 6.45) is 0. The third-order valence-corrected chi connectivity index (χ3v) is 2.90. The highest BCUT2D eigenvalue weighted by Crippen LogP contribution is 2.07. The molecule has 0 aromatic heterocycles. The molecule has 0 atom stereocenters. The van der Waals surface area contributed by atoms with E-state index in [1.807, 2.05) is 38.0 Å². The molecule has 1 aromatic carbocycles. The van der Waals surface area contributed by atoms with Gasteiger partial charge in [-0.15, -0.1) is 0 Å². The third-order valence-electron chi connectivity index (χ3n) is 2.90. The lowest BCUT2D eigenvalue weighted by molar-refractivity contribution is 0.0467. The molecule has 1 aromatic rings. The lowest BCUT2D eigenvalue weighted by atomic mass is 10.1. The van der Waals surface area contributed by atoms with Crippen LogP contribution in [0.15, 0.2) is 24.3 Å². The Labute approximate surface area is 131 Å². The minimum absolute atomic E-state index is 0.333. The molecule has 1 rings (SSSR count). The number of carbonyl (C=O) groups is 2. The summed E-state index contributed by atoms with van der Waals surface area (Å²) < 4.78 is 10.3. The Hall–Kier alpha value is -1.92. The molecule has 0 aliphatic heterocycles. The summed E-state index contributed by atoms with van der Waals surface area (Å²) in [5.41, 5.74) is 0.840. The van der Waals surface area contributed by atoms with Crippen LogP contribution in [-0.2, 0) is 9.47 Å². The van der Waals surface area contributed by atoms with Crippen molar-refractivity contribution in [3.05, 3.63) is 35.4 Å². The smallest absolute Gasteiger partial charge is 0.338 e. The van der Waals surface area contributed by atoms with Crippen LogP contribution in [0.1, 0.15) is 20.7 Å². The molecule has 0 N–H and O–H groups in total. The molecule has 0 heterocycles. The number of rotatable bonds is 8. The summed E-state index contributed by atoms with van der Waals surface area (Å²) in [4.78, 5) is 27.4. The van der Waals surface area contributed by atoms with Gasteiger partial charge in [0.05, 0.1) is 11.1 Å². The van der Waals surface area contributed by atoms with Crippen LogP contribution in [0.3, 0.4) is 0 Å². The largest absolute Gasteiger partial charge is 0.461 e. The van der Waals surface area contributed by atoms with Gasteiger partial charge in [0.2, 0.25) is 0 Å². The van der Waals surface area contributed by atoms with E-state index in [4.69, 9.17) is 9.47 Å². The number of benzene rings is 1. The van der Waals surface area contributed by atoms with Crippen LogP contribution in [0.5, 0.6) is 0 Å². The number of esters is 2. The second-order valence-corrected chi connectivity index (χ2v) is 5.46. The summed E-state index contributed by atoms with van der Waals surface area (Å²) in [5.74, 6) is -0.788. The maximum absolute atomic E-state index is 11.8. The van der Waals surface area contributed by atoms with Gasteiger partial charge in [-0.05, 0) is 52.5 Å². The number of likely N-dealkylation sites (N-methyl/N-ethyl adjacent to an activating group) is 2. The summed E-state index contributed by atoms with van der Waals surface area (Å²) in [7, 11) is 7.63. The van der Waals surface area contributed by atoms with Crippen molar-refractivity contribution in [2.75, 3.05) is 54.5 Å². The van der Waals surface area contributed by atoms with Gasteiger partial charge in [-0.2, -0.15) is 0 Å². The average Bonchev–Trinajstić information content (AvgIpc) is 2.46. The Morgan fingerprint density at radius 1 is 0.773 bits per heavy atom. The summed E-state index contributed by atoms with van der Waals surface area (Å²) >= 11 is 0. The van der Waals surface area contributed by atoms with Gasteiger partial charge in [0.1, 0.15) is 13.2 Å². The molecule has 0 bridgehead atoms. The van der Waals surface area contributed by atoms with E-state index < -0.39 is 11.9 Å². The molecule has 0 amide bonds. The fourth-order valence-electron chi connectivity index (χ4n) is 1.55. The van der Waals surface area contributed by atoms with Crippen molar-refractivity contribution in [2.45, 2.75) is 0 Å². The van der Waals surface area contributed by atoms with E-state index in [0.717, 1.165) is 0 Å². The zero-order valence-corrected chi connectivity index (χ0v) is 13.7. The molecule has 0 spiro atoms. The van der Waals surface area contributed by atoms with Gasteiger partial charge in [0.15, 0.2) is 0 Å². The second kappa shape index (κ2) is 9.17.